The van der Waals surface area contributed by atoms with Crippen LogP contribution in [-0.2, 0) is 6.54 Å². The molecule has 0 aliphatic carbocycles. The molecule has 0 aliphatic heterocycles. The van der Waals surface area contributed by atoms with Gasteiger partial charge in [-0.2, -0.15) is 0 Å². The summed E-state index contributed by atoms with van der Waals surface area (Å²) in [5.41, 5.74) is 3.12. The molecule has 0 atom stereocenters. The van der Waals surface area contributed by atoms with E-state index < -0.39 is 0 Å². The highest BCUT2D eigenvalue weighted by Gasteiger charge is 2.05. The van der Waals surface area contributed by atoms with Gasteiger partial charge < -0.3 is 9.13 Å². The summed E-state index contributed by atoms with van der Waals surface area (Å²) in [7, 11) is 0. The first-order chi connectivity index (χ1) is 9.63. The van der Waals surface area contributed by atoms with Crippen molar-refractivity contribution in [1.82, 2.24) is 19.1 Å². The Bertz CT molecular complexity index is 742. The number of nitrogens with zero attached hydrogens (tertiary/aromatic N) is 4. The second-order valence-electron chi connectivity index (χ2n) is 4.81. The molecule has 2 heterocycles. The van der Waals surface area contributed by atoms with Crippen molar-refractivity contribution in [3.63, 3.8) is 0 Å². The zero-order chi connectivity index (χ0) is 14.1. The fourth-order valence-corrected chi connectivity index (χ4v) is 2.24. The molecule has 0 bridgehead atoms. The average Bonchev–Trinajstić information content (AvgIpc) is 3.04. The van der Waals surface area contributed by atoms with Crippen molar-refractivity contribution in [2.45, 2.75) is 20.4 Å². The van der Waals surface area contributed by atoms with Gasteiger partial charge in [0.2, 0.25) is 0 Å². The van der Waals surface area contributed by atoms with Crippen LogP contribution in [0.15, 0.2) is 43.1 Å². The summed E-state index contributed by atoms with van der Waals surface area (Å²) >= 11 is 6.05. The normalized spacial score (nSPS) is 10.9. The number of hydrogen-bond donors (Lipinski definition) is 0. The maximum absolute atomic E-state index is 6.05. The Morgan fingerprint density at radius 3 is 2.75 bits per heavy atom. The van der Waals surface area contributed by atoms with Crippen molar-refractivity contribution in [1.29, 1.82) is 0 Å². The van der Waals surface area contributed by atoms with Gasteiger partial charge in [-0.25, -0.2) is 9.97 Å². The largest absolute Gasteiger partial charge is 0.329 e. The lowest BCUT2D eigenvalue weighted by Crippen LogP contribution is -2.00. The third-order valence-corrected chi connectivity index (χ3v) is 3.76. The summed E-state index contributed by atoms with van der Waals surface area (Å²) in [6.07, 6.45) is 7.61. The van der Waals surface area contributed by atoms with Gasteiger partial charge in [0.1, 0.15) is 5.82 Å². The zero-order valence-corrected chi connectivity index (χ0v) is 12.2. The van der Waals surface area contributed by atoms with E-state index in [1.165, 1.54) is 0 Å². The molecule has 102 valence electrons. The topological polar surface area (TPSA) is 35.6 Å². The van der Waals surface area contributed by atoms with E-state index in [2.05, 4.69) is 20.6 Å². The lowest BCUT2D eigenvalue weighted by molar-refractivity contribution is 0.746. The van der Waals surface area contributed by atoms with Crippen LogP contribution in [0.4, 0.5) is 0 Å². The predicted octanol–water partition coefficient (Wildman–Crippen LogP) is 3.39. The number of hydrogen-bond acceptors (Lipinski definition) is 2. The maximum atomic E-state index is 6.05. The molecule has 5 heteroatoms. The van der Waals surface area contributed by atoms with Gasteiger partial charge in [-0.1, -0.05) is 11.6 Å². The summed E-state index contributed by atoms with van der Waals surface area (Å²) in [6, 6.07) is 5.95. The van der Waals surface area contributed by atoms with Gasteiger partial charge in [0.15, 0.2) is 0 Å². The van der Waals surface area contributed by atoms with E-state index in [1.54, 1.807) is 6.20 Å². The SMILES string of the molecule is Cc1cc(-n2cnc(Cn3ccnc3C)c2)ccc1Cl. The third kappa shape index (κ3) is 2.47. The Kier molecular flexibility index (Phi) is 3.32. The molecule has 3 aromatic rings. The van der Waals surface area contributed by atoms with Crippen LogP contribution in [0.5, 0.6) is 0 Å². The van der Waals surface area contributed by atoms with Crippen LogP contribution in [0.25, 0.3) is 5.69 Å². The Hall–Kier alpha value is -2.07. The van der Waals surface area contributed by atoms with Crippen LogP contribution >= 0.6 is 11.6 Å². The first-order valence-corrected chi connectivity index (χ1v) is 6.78. The van der Waals surface area contributed by atoms with Gasteiger partial charge >= 0.3 is 0 Å². The van der Waals surface area contributed by atoms with Gasteiger partial charge in [-0.05, 0) is 37.6 Å². The molecule has 4 nitrogen and oxygen atoms in total. The molecule has 0 fully saturated rings. The number of benzene rings is 1. The molecule has 0 saturated heterocycles. The maximum Gasteiger partial charge on any atom is 0.105 e. The number of aromatic nitrogens is 4. The molecule has 0 amide bonds. The van der Waals surface area contributed by atoms with Crippen molar-refractivity contribution in [2.75, 3.05) is 0 Å². The van der Waals surface area contributed by atoms with E-state index in [4.69, 9.17) is 11.6 Å². The predicted molar refractivity (Wildman–Crippen MR) is 79.4 cm³/mol. The zero-order valence-electron chi connectivity index (χ0n) is 11.4. The van der Waals surface area contributed by atoms with E-state index in [0.717, 1.165) is 34.3 Å². The molecule has 1 aromatic carbocycles. The minimum atomic E-state index is 0.728. The third-order valence-electron chi connectivity index (χ3n) is 3.33. The molecule has 0 radical (unpaired) electrons. The van der Waals surface area contributed by atoms with Crippen molar-refractivity contribution in [3.05, 3.63) is 65.2 Å². The van der Waals surface area contributed by atoms with E-state index >= 15 is 0 Å². The van der Waals surface area contributed by atoms with Crippen LogP contribution in [0.3, 0.4) is 0 Å². The van der Waals surface area contributed by atoms with E-state index in [-0.39, 0.29) is 0 Å². The Morgan fingerprint density at radius 2 is 2.05 bits per heavy atom. The first kappa shape index (κ1) is 12.9. The van der Waals surface area contributed by atoms with Gasteiger partial charge in [0.05, 0.1) is 18.6 Å². The minimum Gasteiger partial charge on any atom is -0.329 e. The monoisotopic (exact) mass is 286 g/mol. The van der Waals surface area contributed by atoms with Crippen molar-refractivity contribution in [2.24, 2.45) is 0 Å². The first-order valence-electron chi connectivity index (χ1n) is 6.40. The summed E-state index contributed by atoms with van der Waals surface area (Å²) in [6.45, 7) is 4.71. The van der Waals surface area contributed by atoms with Crippen LogP contribution in [0.1, 0.15) is 17.1 Å². The number of rotatable bonds is 3. The number of imidazole rings is 2. The summed E-state index contributed by atoms with van der Waals surface area (Å²) in [5.74, 6) is 0.988. The fourth-order valence-electron chi connectivity index (χ4n) is 2.12. The van der Waals surface area contributed by atoms with Crippen LogP contribution in [0.2, 0.25) is 5.02 Å². The van der Waals surface area contributed by atoms with Crippen molar-refractivity contribution in [3.8, 4) is 5.69 Å². The molecule has 0 unspecified atom stereocenters. The molecular formula is C15H15ClN4. The summed E-state index contributed by atoms with van der Waals surface area (Å²) in [5, 5.41) is 0.781. The van der Waals surface area contributed by atoms with Gasteiger partial charge in [-0.15, -0.1) is 0 Å². The number of halogens is 1. The highest BCUT2D eigenvalue weighted by atomic mass is 35.5. The molecule has 2 aromatic heterocycles. The number of aryl methyl sites for hydroxylation is 2. The lowest BCUT2D eigenvalue weighted by Gasteiger charge is -2.04. The Morgan fingerprint density at radius 1 is 1.20 bits per heavy atom. The lowest BCUT2D eigenvalue weighted by atomic mass is 10.2. The highest BCUT2D eigenvalue weighted by Crippen LogP contribution is 2.19. The average molecular weight is 287 g/mol. The van der Waals surface area contributed by atoms with Crippen LogP contribution < -0.4 is 0 Å². The smallest absolute Gasteiger partial charge is 0.105 e. The van der Waals surface area contributed by atoms with Gasteiger partial charge in [-0.3, -0.25) is 0 Å². The summed E-state index contributed by atoms with van der Waals surface area (Å²) in [4.78, 5) is 8.65. The quantitative estimate of drug-likeness (QED) is 0.740. The van der Waals surface area contributed by atoms with Gasteiger partial charge in [0.25, 0.3) is 0 Å². The van der Waals surface area contributed by atoms with Gasteiger partial charge in [0, 0.05) is 29.3 Å². The molecule has 0 saturated carbocycles. The second kappa shape index (κ2) is 5.13. The molecule has 0 spiro atoms. The fraction of sp³-hybridized carbons (Fsp3) is 0.200. The molecule has 0 aliphatic rings. The molecule has 20 heavy (non-hydrogen) atoms. The molecule has 3 rings (SSSR count). The van der Waals surface area contributed by atoms with E-state index in [9.17, 15) is 0 Å². The molecule has 0 N–H and O–H groups in total. The standard InChI is InChI=1S/C15H15ClN4/c1-11-7-14(3-4-15(11)16)20-9-13(18-10-20)8-19-6-5-17-12(19)2/h3-7,9-10H,8H2,1-2H3. The van der Waals surface area contributed by atoms with E-state index in [1.807, 2.05) is 49.3 Å². The Balaban J connectivity index is 1.86. The van der Waals surface area contributed by atoms with E-state index in [0.29, 0.717) is 0 Å². The van der Waals surface area contributed by atoms with Crippen molar-refractivity contribution >= 4 is 11.6 Å². The summed E-state index contributed by atoms with van der Waals surface area (Å²) < 4.78 is 4.07. The van der Waals surface area contributed by atoms with Crippen molar-refractivity contribution < 1.29 is 0 Å². The second-order valence-corrected chi connectivity index (χ2v) is 5.22. The Labute approximate surface area is 122 Å². The highest BCUT2D eigenvalue weighted by molar-refractivity contribution is 6.31. The molecular weight excluding hydrogens is 272 g/mol. The van der Waals surface area contributed by atoms with Crippen LogP contribution in [0, 0.1) is 13.8 Å². The van der Waals surface area contributed by atoms with Crippen LogP contribution in [-0.4, -0.2) is 19.1 Å². The minimum absolute atomic E-state index is 0.728.